The summed E-state index contributed by atoms with van der Waals surface area (Å²) in [5.41, 5.74) is 0.842. The molecule has 1 N–H and O–H groups in total. The number of aryl methyl sites for hydroxylation is 1. The van der Waals surface area contributed by atoms with Crippen LogP contribution < -0.4 is 5.32 Å². The summed E-state index contributed by atoms with van der Waals surface area (Å²) in [5.74, 6) is 1.06. The van der Waals surface area contributed by atoms with Gasteiger partial charge in [-0.2, -0.15) is 0 Å². The monoisotopic (exact) mass is 337 g/mol. The maximum Gasteiger partial charge on any atom is 0.279 e. The molecule has 0 fully saturated rings. The fourth-order valence-corrected chi connectivity index (χ4v) is 2.97. The van der Waals surface area contributed by atoms with Gasteiger partial charge in [-0.1, -0.05) is 11.2 Å². The molecule has 0 aliphatic carbocycles. The molecule has 0 aliphatic rings. The summed E-state index contributed by atoms with van der Waals surface area (Å²) in [6, 6.07) is 8.94. The number of hydrogen-bond donors (Lipinski definition) is 1. The molecule has 1 amide bonds. The van der Waals surface area contributed by atoms with Gasteiger partial charge in [0.05, 0.1) is 5.39 Å². The van der Waals surface area contributed by atoms with Crippen molar-refractivity contribution in [3.63, 3.8) is 0 Å². The predicted octanol–water partition coefficient (Wildman–Crippen LogP) is 3.30. The average Bonchev–Trinajstić information content (AvgIpc) is 3.24. The second kappa shape index (κ2) is 5.82. The predicted molar refractivity (Wildman–Crippen MR) is 89.8 cm³/mol. The van der Waals surface area contributed by atoms with Crippen molar-refractivity contribution in [2.45, 2.75) is 6.92 Å². The van der Waals surface area contributed by atoms with Crippen LogP contribution in [0.2, 0.25) is 0 Å². The molecule has 118 valence electrons. The van der Waals surface area contributed by atoms with E-state index in [2.05, 4.69) is 25.4 Å². The van der Waals surface area contributed by atoms with Gasteiger partial charge in [0.1, 0.15) is 22.1 Å². The molecular formula is C16H11N5O2S. The minimum Gasteiger partial charge on any atom is -0.361 e. The Morgan fingerprint density at radius 3 is 2.92 bits per heavy atom. The van der Waals surface area contributed by atoms with E-state index in [9.17, 15) is 4.79 Å². The number of anilines is 1. The number of rotatable bonds is 3. The molecule has 0 aliphatic heterocycles. The van der Waals surface area contributed by atoms with Gasteiger partial charge in [0, 0.05) is 12.3 Å². The van der Waals surface area contributed by atoms with Gasteiger partial charge in [-0.25, -0.2) is 9.97 Å². The van der Waals surface area contributed by atoms with E-state index in [0.717, 1.165) is 10.2 Å². The van der Waals surface area contributed by atoms with Gasteiger partial charge in [-0.3, -0.25) is 9.78 Å². The van der Waals surface area contributed by atoms with Gasteiger partial charge < -0.3 is 9.84 Å². The van der Waals surface area contributed by atoms with Crippen molar-refractivity contribution < 1.29 is 9.32 Å². The molecule has 24 heavy (non-hydrogen) atoms. The quantitative estimate of drug-likeness (QED) is 0.616. The van der Waals surface area contributed by atoms with E-state index in [-0.39, 0.29) is 11.6 Å². The number of nitrogens with one attached hydrogen (secondary N) is 1. The highest BCUT2D eigenvalue weighted by molar-refractivity contribution is 7.16. The highest BCUT2D eigenvalue weighted by atomic mass is 32.1. The van der Waals surface area contributed by atoms with Crippen LogP contribution in [-0.2, 0) is 0 Å². The van der Waals surface area contributed by atoms with Crippen LogP contribution in [0.4, 0.5) is 5.82 Å². The first-order valence-electron chi connectivity index (χ1n) is 7.12. The summed E-state index contributed by atoms with van der Waals surface area (Å²) in [6.07, 6.45) is 1.67. The van der Waals surface area contributed by atoms with E-state index in [1.165, 1.54) is 11.3 Å². The van der Waals surface area contributed by atoms with Gasteiger partial charge in [-0.05, 0) is 30.5 Å². The van der Waals surface area contributed by atoms with Crippen LogP contribution in [0.25, 0.3) is 21.7 Å². The van der Waals surface area contributed by atoms with Gasteiger partial charge >= 0.3 is 0 Å². The average molecular weight is 337 g/mol. The molecule has 7 nitrogen and oxygen atoms in total. The molecule has 0 atom stereocenters. The third-order valence-corrected chi connectivity index (χ3v) is 4.12. The third kappa shape index (κ3) is 2.63. The van der Waals surface area contributed by atoms with Crippen LogP contribution in [0.1, 0.15) is 16.2 Å². The normalized spacial score (nSPS) is 10.9. The molecule has 0 radical (unpaired) electrons. The van der Waals surface area contributed by atoms with Crippen LogP contribution in [0.3, 0.4) is 0 Å². The molecule has 0 bridgehead atoms. The number of nitrogens with zero attached hydrogens (tertiary/aromatic N) is 4. The molecule has 4 heterocycles. The second-order valence-electron chi connectivity index (χ2n) is 5.03. The first kappa shape index (κ1) is 14.5. The zero-order valence-corrected chi connectivity index (χ0v) is 13.4. The highest BCUT2D eigenvalue weighted by Crippen LogP contribution is 2.28. The Morgan fingerprint density at radius 1 is 1.25 bits per heavy atom. The van der Waals surface area contributed by atoms with Gasteiger partial charge in [-0.15, -0.1) is 11.3 Å². The standard InChI is InChI=1S/C16H11N5O2S/c1-9-8-12(21-23-9)15(22)19-13-10-5-7-24-16(10)20-14(18-13)11-4-2-3-6-17-11/h2-8H,1H3,(H,18,19,20,22). The van der Waals surface area contributed by atoms with Crippen molar-refractivity contribution in [1.82, 2.24) is 20.1 Å². The summed E-state index contributed by atoms with van der Waals surface area (Å²) in [5, 5.41) is 9.17. The van der Waals surface area contributed by atoms with Gasteiger partial charge in [0.25, 0.3) is 5.91 Å². The lowest BCUT2D eigenvalue weighted by Crippen LogP contribution is -2.14. The van der Waals surface area contributed by atoms with E-state index in [1.807, 2.05) is 29.6 Å². The molecule has 0 saturated heterocycles. The van der Waals surface area contributed by atoms with Crippen molar-refractivity contribution >= 4 is 33.3 Å². The topological polar surface area (TPSA) is 93.8 Å². The van der Waals surface area contributed by atoms with Crippen LogP contribution >= 0.6 is 11.3 Å². The molecule has 0 saturated carbocycles. The fourth-order valence-electron chi connectivity index (χ4n) is 2.21. The van der Waals surface area contributed by atoms with Crippen LogP contribution in [0, 0.1) is 6.92 Å². The molecule has 4 aromatic rings. The maximum absolute atomic E-state index is 12.3. The summed E-state index contributed by atoms with van der Waals surface area (Å²) in [4.78, 5) is 26.3. The molecule has 4 rings (SSSR count). The molecule has 0 unspecified atom stereocenters. The number of amides is 1. The van der Waals surface area contributed by atoms with Crippen molar-refractivity contribution in [2.75, 3.05) is 5.32 Å². The van der Waals surface area contributed by atoms with E-state index >= 15 is 0 Å². The highest BCUT2D eigenvalue weighted by Gasteiger charge is 2.16. The fraction of sp³-hybridized carbons (Fsp3) is 0.0625. The summed E-state index contributed by atoms with van der Waals surface area (Å²) >= 11 is 1.47. The lowest BCUT2D eigenvalue weighted by atomic mass is 10.3. The Hall–Kier alpha value is -3.13. The maximum atomic E-state index is 12.3. The van der Waals surface area contributed by atoms with E-state index in [0.29, 0.717) is 23.1 Å². The number of hydrogen-bond acceptors (Lipinski definition) is 7. The molecule has 8 heteroatoms. The van der Waals surface area contributed by atoms with Crippen molar-refractivity contribution in [2.24, 2.45) is 0 Å². The first-order chi connectivity index (χ1) is 11.7. The van der Waals surface area contributed by atoms with E-state index in [4.69, 9.17) is 4.52 Å². The second-order valence-corrected chi connectivity index (χ2v) is 5.92. The number of carbonyl (C=O) groups excluding carboxylic acids is 1. The van der Waals surface area contributed by atoms with Crippen molar-refractivity contribution in [1.29, 1.82) is 0 Å². The number of carbonyl (C=O) groups is 1. The van der Waals surface area contributed by atoms with Gasteiger partial charge in [0.2, 0.25) is 0 Å². The van der Waals surface area contributed by atoms with Crippen LogP contribution in [0.15, 0.2) is 46.4 Å². The smallest absolute Gasteiger partial charge is 0.279 e. The number of aromatic nitrogens is 4. The van der Waals surface area contributed by atoms with E-state index < -0.39 is 0 Å². The van der Waals surface area contributed by atoms with Crippen LogP contribution in [0.5, 0.6) is 0 Å². The Labute approximate surface area is 140 Å². The minimum absolute atomic E-state index is 0.203. The molecule has 4 aromatic heterocycles. The zero-order valence-electron chi connectivity index (χ0n) is 12.6. The zero-order chi connectivity index (χ0) is 16.5. The van der Waals surface area contributed by atoms with Crippen molar-refractivity contribution in [3.05, 3.63) is 53.4 Å². The van der Waals surface area contributed by atoms with Gasteiger partial charge in [0.15, 0.2) is 11.5 Å². The summed E-state index contributed by atoms with van der Waals surface area (Å²) < 4.78 is 4.94. The van der Waals surface area contributed by atoms with Crippen LogP contribution in [-0.4, -0.2) is 26.0 Å². The Morgan fingerprint density at radius 2 is 2.17 bits per heavy atom. The largest absolute Gasteiger partial charge is 0.361 e. The summed E-state index contributed by atoms with van der Waals surface area (Å²) in [6.45, 7) is 1.73. The number of pyridine rings is 1. The number of fused-ring (bicyclic) bond motifs is 1. The molecular weight excluding hydrogens is 326 g/mol. The lowest BCUT2D eigenvalue weighted by Gasteiger charge is -2.06. The SMILES string of the molecule is Cc1cc(C(=O)Nc2nc(-c3ccccn3)nc3sccc23)no1. The van der Waals surface area contributed by atoms with Crippen molar-refractivity contribution in [3.8, 4) is 11.5 Å². The summed E-state index contributed by atoms with van der Waals surface area (Å²) in [7, 11) is 0. The molecule has 0 spiro atoms. The Bertz CT molecular complexity index is 1030. The third-order valence-electron chi connectivity index (χ3n) is 3.31. The molecule has 0 aromatic carbocycles. The Kier molecular flexibility index (Phi) is 3.51. The first-order valence-corrected chi connectivity index (χ1v) is 8.00. The number of thiophene rings is 1. The minimum atomic E-state index is -0.384. The van der Waals surface area contributed by atoms with E-state index in [1.54, 1.807) is 19.2 Å². The lowest BCUT2D eigenvalue weighted by molar-refractivity contribution is 0.101. The Balaban J connectivity index is 1.76.